The fraction of sp³-hybridized carbons (Fsp3) is 0.250. The number of benzene rings is 1. The molecule has 1 unspecified atom stereocenters. The van der Waals surface area contributed by atoms with Crippen LogP contribution < -0.4 is 0 Å². The highest BCUT2D eigenvalue weighted by atomic mass is 32.2. The molecule has 1 atom stereocenters. The maximum Gasteiger partial charge on any atom is 0.184 e. The molecule has 1 aromatic rings. The SMILES string of the molecule is O=C1C=CC(S(=O)(=O)c2ccccc2)CC1. The van der Waals surface area contributed by atoms with Crippen molar-refractivity contribution >= 4 is 15.6 Å². The van der Waals surface area contributed by atoms with Gasteiger partial charge >= 0.3 is 0 Å². The van der Waals surface area contributed by atoms with Crippen LogP contribution in [-0.2, 0) is 14.6 Å². The first-order valence-electron chi connectivity index (χ1n) is 5.11. The van der Waals surface area contributed by atoms with Crippen LogP contribution in [0.4, 0.5) is 0 Å². The molecule has 0 heterocycles. The molecule has 0 N–H and O–H groups in total. The van der Waals surface area contributed by atoms with Crippen LogP contribution in [0.1, 0.15) is 12.8 Å². The highest BCUT2D eigenvalue weighted by Gasteiger charge is 2.27. The Morgan fingerprint density at radius 1 is 1.12 bits per heavy atom. The van der Waals surface area contributed by atoms with Gasteiger partial charge in [-0.2, -0.15) is 0 Å². The summed E-state index contributed by atoms with van der Waals surface area (Å²) in [6, 6.07) is 8.34. The maximum absolute atomic E-state index is 12.1. The second-order valence-electron chi connectivity index (χ2n) is 3.76. The zero-order valence-electron chi connectivity index (χ0n) is 8.67. The van der Waals surface area contributed by atoms with Gasteiger partial charge in [0.25, 0.3) is 0 Å². The summed E-state index contributed by atoms with van der Waals surface area (Å²) in [5.74, 6) is -0.000452. The summed E-state index contributed by atoms with van der Waals surface area (Å²) in [5.41, 5.74) is 0. The topological polar surface area (TPSA) is 51.2 Å². The quantitative estimate of drug-likeness (QED) is 0.786. The van der Waals surface area contributed by atoms with Crippen molar-refractivity contribution in [3.8, 4) is 0 Å². The van der Waals surface area contributed by atoms with Gasteiger partial charge in [-0.25, -0.2) is 8.42 Å². The van der Waals surface area contributed by atoms with Crippen molar-refractivity contribution in [2.24, 2.45) is 0 Å². The Morgan fingerprint density at radius 2 is 1.81 bits per heavy atom. The van der Waals surface area contributed by atoms with E-state index in [0.29, 0.717) is 17.7 Å². The lowest BCUT2D eigenvalue weighted by Crippen LogP contribution is -2.23. The van der Waals surface area contributed by atoms with Gasteiger partial charge in [0.15, 0.2) is 15.6 Å². The number of ketones is 1. The number of hydrogen-bond acceptors (Lipinski definition) is 3. The first kappa shape index (κ1) is 11.1. The lowest BCUT2D eigenvalue weighted by molar-refractivity contribution is -0.114. The second kappa shape index (κ2) is 4.22. The van der Waals surface area contributed by atoms with Crippen LogP contribution in [-0.4, -0.2) is 19.5 Å². The molecule has 0 spiro atoms. The van der Waals surface area contributed by atoms with Crippen molar-refractivity contribution < 1.29 is 13.2 Å². The molecule has 2 rings (SSSR count). The van der Waals surface area contributed by atoms with E-state index in [-0.39, 0.29) is 5.78 Å². The van der Waals surface area contributed by atoms with Crippen molar-refractivity contribution in [1.82, 2.24) is 0 Å². The number of allylic oxidation sites excluding steroid dienone is 1. The standard InChI is InChI=1S/C12H12O3S/c13-10-6-8-12(9-7-10)16(14,15)11-4-2-1-3-5-11/h1-6,8,12H,7,9H2. The second-order valence-corrected chi connectivity index (χ2v) is 5.93. The zero-order valence-corrected chi connectivity index (χ0v) is 9.48. The largest absolute Gasteiger partial charge is 0.295 e. The van der Waals surface area contributed by atoms with Gasteiger partial charge in [0, 0.05) is 6.42 Å². The lowest BCUT2D eigenvalue weighted by Gasteiger charge is -2.16. The van der Waals surface area contributed by atoms with Crippen molar-refractivity contribution in [3.63, 3.8) is 0 Å². The summed E-state index contributed by atoms with van der Waals surface area (Å²) in [5, 5.41) is -0.562. The van der Waals surface area contributed by atoms with E-state index in [2.05, 4.69) is 0 Å². The van der Waals surface area contributed by atoms with Crippen LogP contribution in [0.5, 0.6) is 0 Å². The smallest absolute Gasteiger partial charge is 0.184 e. The average molecular weight is 236 g/mol. The highest BCUT2D eigenvalue weighted by Crippen LogP contribution is 2.22. The molecule has 0 amide bonds. The van der Waals surface area contributed by atoms with Gasteiger partial charge < -0.3 is 0 Å². The van der Waals surface area contributed by atoms with Gasteiger partial charge in [-0.1, -0.05) is 24.3 Å². The predicted molar refractivity (Wildman–Crippen MR) is 60.8 cm³/mol. The summed E-state index contributed by atoms with van der Waals surface area (Å²) in [6.45, 7) is 0. The minimum atomic E-state index is -3.32. The van der Waals surface area contributed by atoms with E-state index in [0.717, 1.165) is 0 Å². The van der Waals surface area contributed by atoms with Gasteiger partial charge in [-0.3, -0.25) is 4.79 Å². The molecule has 0 bridgehead atoms. The number of carbonyl (C=O) groups is 1. The Kier molecular flexibility index (Phi) is 2.92. The third-order valence-corrected chi connectivity index (χ3v) is 4.76. The first-order chi connectivity index (χ1) is 7.60. The number of sulfone groups is 1. The van der Waals surface area contributed by atoms with E-state index in [1.54, 1.807) is 30.3 Å². The van der Waals surface area contributed by atoms with Crippen LogP contribution in [0.15, 0.2) is 47.4 Å². The van der Waals surface area contributed by atoms with E-state index >= 15 is 0 Å². The normalized spacial score (nSPS) is 21.0. The molecule has 3 nitrogen and oxygen atoms in total. The van der Waals surface area contributed by atoms with Gasteiger partial charge in [0.2, 0.25) is 0 Å². The summed E-state index contributed by atoms with van der Waals surface area (Å²) < 4.78 is 24.3. The van der Waals surface area contributed by atoms with Crippen molar-refractivity contribution in [2.45, 2.75) is 23.0 Å². The fourth-order valence-electron chi connectivity index (χ4n) is 1.72. The third kappa shape index (κ3) is 2.07. The average Bonchev–Trinajstić information content (AvgIpc) is 2.31. The Morgan fingerprint density at radius 3 is 2.38 bits per heavy atom. The molecule has 0 saturated carbocycles. The van der Waals surface area contributed by atoms with E-state index in [1.807, 2.05) is 0 Å². The van der Waals surface area contributed by atoms with Gasteiger partial charge in [-0.05, 0) is 24.6 Å². The summed E-state index contributed by atoms with van der Waals surface area (Å²) in [6.07, 6.45) is 3.56. The molecule has 1 aliphatic carbocycles. The van der Waals surface area contributed by atoms with Crippen LogP contribution in [0, 0.1) is 0 Å². The summed E-state index contributed by atoms with van der Waals surface area (Å²) in [7, 11) is -3.32. The Labute approximate surface area is 94.7 Å². The molecule has 4 heteroatoms. The number of hydrogen-bond donors (Lipinski definition) is 0. The van der Waals surface area contributed by atoms with Crippen LogP contribution >= 0.6 is 0 Å². The predicted octanol–water partition coefficient (Wildman–Crippen LogP) is 1.75. The highest BCUT2D eigenvalue weighted by molar-refractivity contribution is 7.92. The van der Waals surface area contributed by atoms with Crippen LogP contribution in [0.2, 0.25) is 0 Å². The molecule has 1 aromatic carbocycles. The Bertz CT molecular complexity index is 514. The molecule has 0 radical (unpaired) electrons. The van der Waals surface area contributed by atoms with Crippen LogP contribution in [0.3, 0.4) is 0 Å². The molecule has 0 aromatic heterocycles. The lowest BCUT2D eigenvalue weighted by atomic mass is 10.1. The van der Waals surface area contributed by atoms with Crippen LogP contribution in [0.25, 0.3) is 0 Å². The van der Waals surface area contributed by atoms with Crippen molar-refractivity contribution in [1.29, 1.82) is 0 Å². The molecular formula is C12H12O3S. The zero-order chi connectivity index (χ0) is 11.6. The van der Waals surface area contributed by atoms with E-state index in [4.69, 9.17) is 0 Å². The van der Waals surface area contributed by atoms with Gasteiger partial charge in [-0.15, -0.1) is 0 Å². The van der Waals surface area contributed by atoms with E-state index < -0.39 is 15.1 Å². The minimum Gasteiger partial charge on any atom is -0.295 e. The molecular weight excluding hydrogens is 224 g/mol. The fourth-order valence-corrected chi connectivity index (χ4v) is 3.32. The van der Waals surface area contributed by atoms with E-state index in [9.17, 15) is 13.2 Å². The minimum absolute atomic E-state index is 0.000452. The number of rotatable bonds is 2. The number of carbonyl (C=O) groups excluding carboxylic acids is 1. The molecule has 16 heavy (non-hydrogen) atoms. The first-order valence-corrected chi connectivity index (χ1v) is 6.65. The van der Waals surface area contributed by atoms with Crippen molar-refractivity contribution in [3.05, 3.63) is 42.5 Å². The third-order valence-electron chi connectivity index (χ3n) is 2.64. The molecule has 0 aliphatic heterocycles. The maximum atomic E-state index is 12.1. The van der Waals surface area contributed by atoms with Gasteiger partial charge in [0.1, 0.15) is 0 Å². The van der Waals surface area contributed by atoms with E-state index in [1.165, 1.54) is 12.2 Å². The van der Waals surface area contributed by atoms with Crippen molar-refractivity contribution in [2.75, 3.05) is 0 Å². The molecule has 0 saturated heterocycles. The monoisotopic (exact) mass is 236 g/mol. The Hall–Kier alpha value is -1.42. The summed E-state index contributed by atoms with van der Waals surface area (Å²) >= 11 is 0. The summed E-state index contributed by atoms with van der Waals surface area (Å²) in [4.78, 5) is 11.3. The molecule has 84 valence electrons. The van der Waals surface area contributed by atoms with Gasteiger partial charge in [0.05, 0.1) is 10.1 Å². The molecule has 0 fully saturated rings. The Balaban J connectivity index is 2.34. The molecule has 1 aliphatic rings.